The lowest BCUT2D eigenvalue weighted by Crippen LogP contribution is -2.45. The Morgan fingerprint density at radius 3 is 2.57 bits per heavy atom. The van der Waals surface area contributed by atoms with Crippen LogP contribution in [-0.2, 0) is 4.79 Å². The van der Waals surface area contributed by atoms with Crippen LogP contribution in [0.1, 0.15) is 32.7 Å². The highest BCUT2D eigenvalue weighted by molar-refractivity contribution is 5.81. The molecule has 0 saturated carbocycles. The summed E-state index contributed by atoms with van der Waals surface area (Å²) in [5, 5.41) is 0. The topological polar surface area (TPSA) is 58.1 Å². The Bertz CT molecular complexity index is 757. The minimum atomic E-state index is -1.44. The normalized spacial score (nSPS) is 17.8. The Kier molecular flexibility index (Phi) is 4.24. The molecule has 1 amide bonds. The number of carbonyl (C=O) groups excluding carboxylic acids is 1. The summed E-state index contributed by atoms with van der Waals surface area (Å²) in [7, 11) is 0. The largest absolute Gasteiger partial charge is 0.340 e. The zero-order chi connectivity index (χ0) is 16.6. The molecule has 2 heterocycles. The smallest absolute Gasteiger partial charge is 0.326 e. The van der Waals surface area contributed by atoms with Gasteiger partial charge < -0.3 is 9.88 Å². The van der Waals surface area contributed by atoms with Gasteiger partial charge in [0.05, 0.1) is 11.0 Å². The van der Waals surface area contributed by atoms with E-state index < -0.39 is 12.1 Å². The van der Waals surface area contributed by atoms with Gasteiger partial charge in [-0.05, 0) is 30.9 Å². The van der Waals surface area contributed by atoms with E-state index in [0.717, 1.165) is 11.0 Å². The van der Waals surface area contributed by atoms with Gasteiger partial charge in [-0.15, -0.1) is 0 Å². The molecule has 1 unspecified atom stereocenters. The quantitative estimate of drug-likeness (QED) is 0.945. The van der Waals surface area contributed by atoms with Gasteiger partial charge in [-0.25, -0.2) is 9.18 Å². The van der Waals surface area contributed by atoms with Crippen LogP contribution in [0.25, 0.3) is 11.0 Å². The lowest BCUT2D eigenvalue weighted by Gasteiger charge is -2.33. The summed E-state index contributed by atoms with van der Waals surface area (Å²) in [6.07, 6.45) is -0.112. The van der Waals surface area contributed by atoms with Crippen molar-refractivity contribution in [3.05, 3.63) is 34.7 Å². The van der Waals surface area contributed by atoms with Gasteiger partial charge in [0.1, 0.15) is 0 Å². The number of aromatic amines is 1. The number of para-hydroxylation sites is 2. The zero-order valence-electron chi connectivity index (χ0n) is 13.5. The summed E-state index contributed by atoms with van der Waals surface area (Å²) in [5.41, 5.74) is 1.58. The third-order valence-corrected chi connectivity index (χ3v) is 4.59. The van der Waals surface area contributed by atoms with Gasteiger partial charge in [-0.2, -0.15) is 0 Å². The number of nitrogens with one attached hydrogen (secondary N) is 1. The number of benzene rings is 1. The molecular weight excluding hydrogens is 297 g/mol. The highest BCUT2D eigenvalue weighted by Crippen LogP contribution is 2.25. The Morgan fingerprint density at radius 2 is 1.91 bits per heavy atom. The second-order valence-electron chi connectivity index (χ2n) is 6.52. The first-order valence-corrected chi connectivity index (χ1v) is 8.11. The molecule has 0 aliphatic carbocycles. The minimum Gasteiger partial charge on any atom is -0.340 e. The van der Waals surface area contributed by atoms with Crippen molar-refractivity contribution in [1.82, 2.24) is 14.5 Å². The molecular formula is C17H22FN3O2. The van der Waals surface area contributed by atoms with Crippen LogP contribution in [0.15, 0.2) is 29.1 Å². The summed E-state index contributed by atoms with van der Waals surface area (Å²) in [4.78, 5) is 28.7. The summed E-state index contributed by atoms with van der Waals surface area (Å²) < 4.78 is 15.7. The number of hydrogen-bond donors (Lipinski definition) is 1. The second kappa shape index (κ2) is 6.18. The van der Waals surface area contributed by atoms with Gasteiger partial charge in [-0.1, -0.05) is 26.0 Å². The van der Waals surface area contributed by atoms with E-state index in [1.807, 2.05) is 24.3 Å². The molecule has 1 atom stereocenters. The molecule has 0 bridgehead atoms. The number of carbonyl (C=O) groups is 1. The van der Waals surface area contributed by atoms with Crippen LogP contribution < -0.4 is 5.69 Å². The van der Waals surface area contributed by atoms with Crippen LogP contribution in [-0.4, -0.2) is 39.6 Å². The van der Waals surface area contributed by atoms with Crippen LogP contribution in [0.4, 0.5) is 4.39 Å². The Labute approximate surface area is 134 Å². The molecule has 0 radical (unpaired) electrons. The number of piperidine rings is 1. The lowest BCUT2D eigenvalue weighted by molar-refractivity contribution is -0.139. The average Bonchev–Trinajstić information content (AvgIpc) is 2.89. The number of fused-ring (bicyclic) bond motifs is 1. The first kappa shape index (κ1) is 15.8. The van der Waals surface area contributed by atoms with E-state index in [1.165, 1.54) is 0 Å². The van der Waals surface area contributed by atoms with Crippen LogP contribution in [0.5, 0.6) is 0 Å². The van der Waals surface area contributed by atoms with E-state index in [-0.39, 0.29) is 17.6 Å². The number of imidazole rings is 1. The number of aromatic nitrogens is 2. The summed E-state index contributed by atoms with van der Waals surface area (Å²) in [6.45, 7) is 4.40. The van der Waals surface area contributed by atoms with E-state index in [2.05, 4.69) is 4.98 Å². The van der Waals surface area contributed by atoms with Crippen molar-refractivity contribution in [2.75, 3.05) is 13.1 Å². The predicted molar refractivity (Wildman–Crippen MR) is 87.1 cm³/mol. The molecule has 1 fully saturated rings. The zero-order valence-corrected chi connectivity index (χ0v) is 13.5. The van der Waals surface area contributed by atoms with Crippen LogP contribution in [0.3, 0.4) is 0 Å². The van der Waals surface area contributed by atoms with Gasteiger partial charge in [0.2, 0.25) is 0 Å². The first-order chi connectivity index (χ1) is 11.0. The second-order valence-corrected chi connectivity index (χ2v) is 6.52. The van der Waals surface area contributed by atoms with E-state index in [4.69, 9.17) is 0 Å². The van der Waals surface area contributed by atoms with Crippen LogP contribution >= 0.6 is 0 Å². The average molecular weight is 319 g/mol. The fourth-order valence-corrected chi connectivity index (χ4v) is 3.24. The number of H-pyrrole nitrogens is 1. The molecule has 23 heavy (non-hydrogen) atoms. The third-order valence-electron chi connectivity index (χ3n) is 4.59. The monoisotopic (exact) mass is 319 g/mol. The molecule has 124 valence electrons. The number of hydrogen-bond acceptors (Lipinski definition) is 2. The van der Waals surface area contributed by atoms with Crippen molar-refractivity contribution >= 4 is 16.9 Å². The molecule has 6 heteroatoms. The van der Waals surface area contributed by atoms with E-state index in [0.29, 0.717) is 25.9 Å². The van der Waals surface area contributed by atoms with Gasteiger partial charge in [0.15, 0.2) is 6.17 Å². The number of halogens is 1. The number of amides is 1. The number of likely N-dealkylation sites (tertiary alicyclic amines) is 1. The number of alkyl halides is 1. The Morgan fingerprint density at radius 1 is 1.26 bits per heavy atom. The fraction of sp³-hybridized carbons (Fsp3) is 0.529. The highest BCUT2D eigenvalue weighted by Gasteiger charge is 2.31. The molecule has 5 nitrogen and oxygen atoms in total. The first-order valence-electron chi connectivity index (χ1n) is 8.11. The predicted octanol–water partition coefficient (Wildman–Crippen LogP) is 2.49. The standard InChI is InChI=1S/C17H22FN3O2/c1-11(2)15(18)16(22)20-9-7-12(8-10-20)21-14-6-4-3-5-13(14)19-17(21)23/h3-6,11-12,15H,7-10H2,1-2H3,(H,19,23). The van der Waals surface area contributed by atoms with Gasteiger partial charge >= 0.3 is 5.69 Å². The molecule has 2 aromatic rings. The molecule has 1 aliphatic heterocycles. The lowest BCUT2D eigenvalue weighted by atomic mass is 10.0. The number of nitrogens with zero attached hydrogens (tertiary/aromatic N) is 2. The van der Waals surface area contributed by atoms with Gasteiger partial charge in [0, 0.05) is 19.1 Å². The summed E-state index contributed by atoms with van der Waals surface area (Å²) >= 11 is 0. The van der Waals surface area contributed by atoms with Crippen molar-refractivity contribution in [3.63, 3.8) is 0 Å². The fourth-order valence-electron chi connectivity index (χ4n) is 3.24. The van der Waals surface area contributed by atoms with Crippen molar-refractivity contribution in [1.29, 1.82) is 0 Å². The molecule has 1 aromatic carbocycles. The minimum absolute atomic E-state index is 0.0415. The van der Waals surface area contributed by atoms with E-state index >= 15 is 0 Å². The summed E-state index contributed by atoms with van der Waals surface area (Å²) in [6, 6.07) is 7.63. The van der Waals surface area contributed by atoms with Crippen LogP contribution in [0.2, 0.25) is 0 Å². The van der Waals surface area contributed by atoms with Crippen molar-refractivity contribution in [2.45, 2.75) is 38.9 Å². The third kappa shape index (κ3) is 2.90. The van der Waals surface area contributed by atoms with Crippen molar-refractivity contribution in [2.24, 2.45) is 5.92 Å². The van der Waals surface area contributed by atoms with Crippen molar-refractivity contribution in [3.8, 4) is 0 Å². The molecule has 3 rings (SSSR count). The van der Waals surface area contributed by atoms with Gasteiger partial charge in [0.25, 0.3) is 5.91 Å². The number of rotatable bonds is 3. The molecule has 1 aliphatic rings. The molecule has 1 saturated heterocycles. The molecule has 1 aromatic heterocycles. The Balaban J connectivity index is 1.75. The Hall–Kier alpha value is -2.11. The van der Waals surface area contributed by atoms with Crippen molar-refractivity contribution < 1.29 is 9.18 Å². The summed E-state index contributed by atoms with van der Waals surface area (Å²) in [5.74, 6) is -0.735. The maximum Gasteiger partial charge on any atom is 0.326 e. The van der Waals surface area contributed by atoms with Crippen LogP contribution in [0, 0.1) is 5.92 Å². The SMILES string of the molecule is CC(C)C(F)C(=O)N1CCC(n2c(=O)[nH]c3ccccc32)CC1. The molecule has 1 N–H and O–H groups in total. The highest BCUT2D eigenvalue weighted by atomic mass is 19.1. The maximum absolute atomic E-state index is 13.9. The van der Waals surface area contributed by atoms with E-state index in [9.17, 15) is 14.0 Å². The molecule has 0 spiro atoms. The van der Waals surface area contributed by atoms with Gasteiger partial charge in [-0.3, -0.25) is 9.36 Å². The maximum atomic E-state index is 13.9. The van der Waals surface area contributed by atoms with E-state index in [1.54, 1.807) is 23.3 Å².